The summed E-state index contributed by atoms with van der Waals surface area (Å²) in [6, 6.07) is 44.3. The Morgan fingerprint density at radius 3 is 0.956 bits per heavy atom. The number of benzene rings is 6. The largest absolute Gasteiger partial charge is 0.214 e. The van der Waals surface area contributed by atoms with Gasteiger partial charge in [-0.3, -0.25) is 0 Å². The first kappa shape index (κ1) is 51.8. The molecule has 0 radical (unpaired) electrons. The van der Waals surface area contributed by atoms with Crippen LogP contribution in [0, 0.1) is 0 Å². The molecule has 0 nitrogen and oxygen atoms in total. The van der Waals surface area contributed by atoms with Crippen LogP contribution in [0.5, 0.6) is 0 Å². The predicted octanol–water partition coefficient (Wildman–Crippen LogP) is 17.9. The van der Waals surface area contributed by atoms with Crippen molar-refractivity contribution in [1.82, 2.24) is 0 Å². The van der Waals surface area contributed by atoms with Crippen molar-refractivity contribution >= 4 is 24.8 Å². The second-order valence-electron chi connectivity index (χ2n) is 18.3. The maximum absolute atomic E-state index is 13.0. The molecule has 8 aromatic carbocycles. The van der Waals surface area contributed by atoms with E-state index in [1.54, 1.807) is 0 Å². The van der Waals surface area contributed by atoms with Crippen molar-refractivity contribution in [2.75, 3.05) is 0 Å². The topological polar surface area (TPSA) is 0 Å². The Kier molecular flexibility index (Phi) is 14.8. The van der Waals surface area contributed by atoms with E-state index in [1.165, 1.54) is 54.9 Å². The van der Waals surface area contributed by atoms with Crippen LogP contribution < -0.4 is 0 Å². The Morgan fingerprint density at radius 2 is 0.706 bits per heavy atom. The van der Waals surface area contributed by atoms with Gasteiger partial charge < -0.3 is 0 Å². The van der Waals surface area contributed by atoms with Crippen LogP contribution in [0.3, 0.4) is 0 Å². The van der Waals surface area contributed by atoms with Crippen LogP contribution in [-0.4, -0.2) is 3.21 Å². The third-order valence-electron chi connectivity index (χ3n) is 11.1. The average Bonchev–Trinajstić information content (AvgIpc) is 3.96. The smallest absolute Gasteiger partial charge is 0.172 e. The normalized spacial score (nSPS) is 12.6. The van der Waals surface area contributed by atoms with Crippen molar-refractivity contribution < 1.29 is 76.9 Å². The molecule has 0 atom stereocenters. The molecule has 0 saturated heterocycles. The molecule has 68 heavy (non-hydrogen) atoms. The maximum Gasteiger partial charge on any atom is -0.172 e. The van der Waals surface area contributed by atoms with E-state index in [4.69, 9.17) is 0 Å². The van der Waals surface area contributed by atoms with Crippen LogP contribution in [0.2, 0.25) is 0 Å². The fourth-order valence-electron chi connectivity index (χ4n) is 7.75. The zero-order valence-electron chi connectivity index (χ0n) is 37.5. The zero-order valence-corrected chi connectivity index (χ0v) is 40.0. The molecule has 0 N–H and O–H groups in total. The minimum absolute atomic E-state index is 0.00108. The molecule has 0 unspecified atom stereocenters. The molecule has 0 amide bonds. The van der Waals surface area contributed by atoms with Crippen molar-refractivity contribution in [2.24, 2.45) is 0 Å². The van der Waals surface area contributed by atoms with Gasteiger partial charge >= 0.3 is 175 Å². The molecule has 0 aromatic heterocycles. The Labute approximate surface area is 401 Å². The summed E-state index contributed by atoms with van der Waals surface area (Å²) in [5.41, 5.74) is -0.377. The van der Waals surface area contributed by atoms with E-state index in [-0.39, 0.29) is 71.5 Å². The molecule has 13 heteroatoms. The van der Waals surface area contributed by atoms with Crippen LogP contribution in [-0.2, 0) is 59.8 Å². The van der Waals surface area contributed by atoms with Crippen molar-refractivity contribution in [2.45, 2.75) is 77.1 Å². The van der Waals surface area contributed by atoms with Gasteiger partial charge in [-0.15, -0.1) is 39.7 Å². The summed E-state index contributed by atoms with van der Waals surface area (Å²) in [7, 11) is 0. The van der Waals surface area contributed by atoms with E-state index in [1.807, 2.05) is 30.3 Å². The molecule has 8 rings (SSSR count). The third kappa shape index (κ3) is 12.4. The maximum atomic E-state index is 13.0. The van der Waals surface area contributed by atoms with Gasteiger partial charge in [0.25, 0.3) is 0 Å². The second-order valence-corrected chi connectivity index (χ2v) is 19.5. The quantitative estimate of drug-likeness (QED) is 0.122. The van der Waals surface area contributed by atoms with Crippen LogP contribution >= 0.6 is 0 Å². The summed E-state index contributed by atoms with van der Waals surface area (Å²) in [4.78, 5) is 0. The number of fused-ring (bicyclic) bond motifs is 3. The Balaban J connectivity index is 0.000000204. The van der Waals surface area contributed by atoms with Gasteiger partial charge in [-0.25, -0.2) is 12.1 Å². The van der Waals surface area contributed by atoms with E-state index in [2.05, 4.69) is 133 Å². The second kappa shape index (κ2) is 19.5. The molecular formula is C55H44F12Zr. The van der Waals surface area contributed by atoms with Gasteiger partial charge in [0.15, 0.2) is 0 Å². The number of rotatable bonds is 4. The Bertz CT molecular complexity index is 2730. The van der Waals surface area contributed by atoms with Gasteiger partial charge in [-0.1, -0.05) is 114 Å². The van der Waals surface area contributed by atoms with E-state index in [9.17, 15) is 52.7 Å². The van der Waals surface area contributed by atoms with Crippen molar-refractivity contribution in [1.29, 1.82) is 0 Å². The van der Waals surface area contributed by atoms with E-state index in [0.717, 1.165) is 0 Å². The molecule has 0 fully saturated rings. The minimum atomic E-state index is -5.22. The van der Waals surface area contributed by atoms with E-state index >= 15 is 0 Å². The third-order valence-corrected chi connectivity index (χ3v) is 12.5. The minimum Gasteiger partial charge on any atom is -0.214 e. The van der Waals surface area contributed by atoms with Crippen LogP contribution in [0.1, 0.15) is 86.1 Å². The van der Waals surface area contributed by atoms with E-state index in [0.29, 0.717) is 0 Å². The molecule has 0 aliphatic heterocycles. The molecule has 0 saturated carbocycles. The first-order valence-electron chi connectivity index (χ1n) is 21.1. The zero-order chi connectivity index (χ0) is 50.2. The van der Waals surface area contributed by atoms with Gasteiger partial charge in [0.1, 0.15) is 0 Å². The van der Waals surface area contributed by atoms with Gasteiger partial charge in [0, 0.05) is 0 Å². The molecule has 0 aliphatic rings. The monoisotopic (exact) mass is 1020 g/mol. The van der Waals surface area contributed by atoms with Crippen molar-refractivity contribution in [3.63, 3.8) is 0 Å². The van der Waals surface area contributed by atoms with E-state index < -0.39 is 61.3 Å². The first-order valence-corrected chi connectivity index (χ1v) is 22.3. The predicted molar refractivity (Wildman–Crippen MR) is 243 cm³/mol. The summed E-state index contributed by atoms with van der Waals surface area (Å²) in [5, 5.41) is 5.36. The fraction of sp³-hybridized carbons (Fsp3) is 0.218. The molecule has 8 aromatic rings. The van der Waals surface area contributed by atoms with Gasteiger partial charge in [-0.05, 0) is 44.2 Å². The number of hydrogen-bond acceptors (Lipinski definition) is 0. The number of hydrogen-bond donors (Lipinski definition) is 0. The van der Waals surface area contributed by atoms with Gasteiger partial charge in [0.05, 0.1) is 0 Å². The van der Waals surface area contributed by atoms with Crippen molar-refractivity contribution in [3.05, 3.63) is 202 Å². The Morgan fingerprint density at radius 1 is 0.397 bits per heavy atom. The van der Waals surface area contributed by atoms with Crippen LogP contribution in [0.4, 0.5) is 52.7 Å². The summed E-state index contributed by atoms with van der Waals surface area (Å²) >= 11 is -0.00108. The van der Waals surface area contributed by atoms with Crippen LogP contribution in [0.15, 0.2) is 158 Å². The SMILES string of the molecule is CC(C)(C)c1cc2c(cc1-c1ccccc1)[cH-]c1cc(-c3ccccc3)c(C(C)(C)C)cc12.FC(F)(F)c1cc([C](=[Zr+2])c2cc(C(F)(F)F)cc(C(F)(F)F)c2)cc(C(F)(F)F)c1.c1cc[cH-]c1. The standard InChI is InChI=1S/C33H33.C17H6F12.C5H5.Zr/c1-32(2,3)30-20-26-24(18-28(30)22-13-9-7-10-14-22)17-25-19-29(23-15-11-8-12-16-23)31(21-27(25)26)33(4,5)6;18-14(19,20)10-2-8(3-11(6-10)15(21,22)23)1-9-4-12(16(24,25)26)7-13(5-9)17(27,28)29;1-2-4-5-3-1;/h7-21H,1-6H3;2-7H;1-5H;/q-1;;-1;+2. The molecule has 0 heterocycles. The first-order chi connectivity index (χ1) is 31.4. The Hall–Kier alpha value is -5.55. The van der Waals surface area contributed by atoms with Gasteiger partial charge in [0.2, 0.25) is 0 Å². The van der Waals surface area contributed by atoms with Crippen molar-refractivity contribution in [3.8, 4) is 22.3 Å². The summed E-state index contributed by atoms with van der Waals surface area (Å²) < 4.78 is 155. The number of halogens is 12. The summed E-state index contributed by atoms with van der Waals surface area (Å²) in [5.74, 6) is 0. The van der Waals surface area contributed by atoms with Crippen LogP contribution in [0.25, 0.3) is 43.8 Å². The summed E-state index contributed by atoms with van der Waals surface area (Å²) in [6.07, 6.45) is -20.9. The molecule has 0 aliphatic carbocycles. The summed E-state index contributed by atoms with van der Waals surface area (Å²) in [6.45, 7) is 13.9. The molecule has 352 valence electrons. The average molecular weight is 1020 g/mol. The van der Waals surface area contributed by atoms with Gasteiger partial charge in [-0.2, -0.15) is 18.2 Å². The molecule has 0 bridgehead atoms. The number of alkyl halides is 12. The molecular weight excluding hydrogens is 980 g/mol. The molecule has 0 spiro atoms. The fourth-order valence-corrected chi connectivity index (χ4v) is 8.46.